The molecule has 238 valence electrons. The molecule has 1 spiro atoms. The number of hydrogen-bond acceptors (Lipinski definition) is 9. The van der Waals surface area contributed by atoms with Gasteiger partial charge in [0, 0.05) is 76.3 Å². The quantitative estimate of drug-likeness (QED) is 0.394. The molecule has 10 nitrogen and oxygen atoms in total. The number of carbonyl (C=O) groups excluding carboxylic acids is 2. The zero-order valence-electron chi connectivity index (χ0n) is 25.6. The normalized spacial score (nSPS) is 47.0. The number of amides is 1. The van der Waals surface area contributed by atoms with E-state index in [4.69, 9.17) is 18.9 Å². The molecule has 1 aromatic rings. The van der Waals surface area contributed by atoms with Crippen molar-refractivity contribution in [3.63, 3.8) is 0 Å². The fraction of sp³-hybridized carbons (Fsp3) is 0.750. The Morgan fingerprint density at radius 1 is 1.07 bits per heavy atom. The fourth-order valence-corrected chi connectivity index (χ4v) is 11.6. The smallest absolute Gasteiger partial charge is 0.340 e. The number of para-hydroxylation sites is 1. The fourth-order valence-electron chi connectivity index (χ4n) is 11.6. The Kier molecular flexibility index (Phi) is 7.53. The van der Waals surface area contributed by atoms with Gasteiger partial charge in [-0.1, -0.05) is 19.1 Å². The van der Waals surface area contributed by atoms with Crippen molar-refractivity contribution in [2.75, 3.05) is 39.7 Å². The molecule has 11 heteroatoms. The number of fused-ring (bicyclic) bond motifs is 2. The first-order valence-corrected chi connectivity index (χ1v) is 15.4. The molecule has 1 amide bonds. The molecule has 7 rings (SSSR count). The largest absolute Gasteiger partial charge is 0.454 e. The zero-order valence-corrected chi connectivity index (χ0v) is 26.4. The minimum absolute atomic E-state index is 0. The van der Waals surface area contributed by atoms with Gasteiger partial charge in [0.05, 0.1) is 29.6 Å². The Morgan fingerprint density at radius 2 is 1.81 bits per heavy atom. The zero-order chi connectivity index (χ0) is 29.8. The standard InChI is InChI=1S/C32H44N2O8.ClH/c1-6-34-16-29(42-28(36)18-9-7-8-10-21(18)33-17(2)35)12-11-25(40-4)31-23(29)14-20(26(31)34)30(37)15-22(39-3)19-13-24(31)32(30,38)27(19)41-5;/h7-10,19-20,22-27,37-38H,6,11-16H2,1-5H3,(H,33,35);1H/t19-,20+,22+,23-,24+,25+,26-,27+,29-,30+,31+,32+;/m1./s1. The lowest BCUT2D eigenvalue weighted by Crippen LogP contribution is -2.83. The topological polar surface area (TPSA) is 127 Å². The Balaban J connectivity index is 0.00000329. The summed E-state index contributed by atoms with van der Waals surface area (Å²) in [6, 6.07) is 6.89. The first-order chi connectivity index (χ1) is 20.1. The number of nitrogens with zero attached hydrogens (tertiary/aromatic N) is 1. The number of esters is 1. The van der Waals surface area contributed by atoms with Gasteiger partial charge in [0.1, 0.15) is 16.8 Å². The first kappa shape index (κ1) is 31.2. The molecule has 5 aliphatic carbocycles. The summed E-state index contributed by atoms with van der Waals surface area (Å²) >= 11 is 0. The Hall–Kier alpha value is -1.79. The van der Waals surface area contributed by atoms with Crippen LogP contribution in [-0.4, -0.2) is 103 Å². The highest BCUT2D eigenvalue weighted by Crippen LogP contribution is 2.79. The molecule has 1 aliphatic heterocycles. The van der Waals surface area contributed by atoms with E-state index in [0.717, 1.165) is 0 Å². The number of anilines is 1. The molecule has 12 atom stereocenters. The van der Waals surface area contributed by atoms with Crippen LogP contribution in [-0.2, 0) is 23.7 Å². The van der Waals surface area contributed by atoms with Gasteiger partial charge in [-0.25, -0.2) is 4.79 Å². The highest BCUT2D eigenvalue weighted by Gasteiger charge is 2.89. The number of piperidine rings is 1. The lowest BCUT2D eigenvalue weighted by molar-refractivity contribution is -0.337. The van der Waals surface area contributed by atoms with Crippen molar-refractivity contribution in [3.05, 3.63) is 29.8 Å². The number of carbonyl (C=O) groups is 2. The molecule has 43 heavy (non-hydrogen) atoms. The van der Waals surface area contributed by atoms with Crippen LogP contribution >= 0.6 is 12.4 Å². The SMILES string of the molecule is CCN1C[C@]2(OC(=O)c3ccccc3NC(C)=O)CC[C@H](OC)[C@@]34[C@@H]2C[C@@H]([C@@H]13)[C@@]1(O)C[C@H](OC)[C@H]2C[C@@H]4[C@]1(O)[C@H]2OC.Cl. The molecule has 5 saturated carbocycles. The van der Waals surface area contributed by atoms with Crippen LogP contribution in [0.25, 0.3) is 0 Å². The van der Waals surface area contributed by atoms with E-state index in [2.05, 4.69) is 17.1 Å². The molecule has 6 fully saturated rings. The Labute approximate surface area is 259 Å². The summed E-state index contributed by atoms with van der Waals surface area (Å²) in [5.41, 5.74) is -3.57. The van der Waals surface area contributed by atoms with E-state index < -0.39 is 34.3 Å². The molecular weight excluding hydrogens is 576 g/mol. The highest BCUT2D eigenvalue weighted by atomic mass is 35.5. The van der Waals surface area contributed by atoms with E-state index in [1.54, 1.807) is 45.6 Å². The maximum absolute atomic E-state index is 14.0. The van der Waals surface area contributed by atoms with E-state index in [9.17, 15) is 19.8 Å². The molecule has 7 bridgehead atoms. The van der Waals surface area contributed by atoms with Crippen molar-refractivity contribution < 1.29 is 38.7 Å². The van der Waals surface area contributed by atoms with Crippen LogP contribution < -0.4 is 5.32 Å². The highest BCUT2D eigenvalue weighted by molar-refractivity contribution is 6.00. The summed E-state index contributed by atoms with van der Waals surface area (Å²) in [6.45, 7) is 4.79. The van der Waals surface area contributed by atoms with E-state index in [-0.39, 0.29) is 60.2 Å². The summed E-state index contributed by atoms with van der Waals surface area (Å²) in [7, 11) is 5.05. The van der Waals surface area contributed by atoms with Crippen LogP contribution in [0.4, 0.5) is 5.69 Å². The maximum Gasteiger partial charge on any atom is 0.340 e. The minimum Gasteiger partial charge on any atom is -0.454 e. The molecule has 0 aromatic heterocycles. The third-order valence-electron chi connectivity index (χ3n) is 12.6. The van der Waals surface area contributed by atoms with Crippen molar-refractivity contribution >= 4 is 30.0 Å². The maximum atomic E-state index is 14.0. The molecule has 1 heterocycles. The number of aliphatic hydroxyl groups is 2. The van der Waals surface area contributed by atoms with Gasteiger partial charge in [0.15, 0.2) is 0 Å². The van der Waals surface area contributed by atoms with Crippen molar-refractivity contribution in [2.24, 2.45) is 29.1 Å². The number of rotatable bonds is 7. The molecule has 0 unspecified atom stereocenters. The third kappa shape index (κ3) is 3.63. The summed E-state index contributed by atoms with van der Waals surface area (Å²) in [5.74, 6) is -1.54. The second-order valence-corrected chi connectivity index (χ2v) is 13.7. The lowest BCUT2D eigenvalue weighted by atomic mass is 9.44. The van der Waals surface area contributed by atoms with E-state index in [1.807, 2.05) is 0 Å². The molecule has 1 saturated heterocycles. The van der Waals surface area contributed by atoms with Crippen LogP contribution in [0.2, 0.25) is 0 Å². The van der Waals surface area contributed by atoms with Gasteiger partial charge >= 0.3 is 5.97 Å². The van der Waals surface area contributed by atoms with Crippen LogP contribution in [0, 0.1) is 29.1 Å². The predicted molar refractivity (Wildman–Crippen MR) is 159 cm³/mol. The average molecular weight is 621 g/mol. The van der Waals surface area contributed by atoms with Gasteiger partial charge in [-0.2, -0.15) is 0 Å². The molecule has 6 aliphatic rings. The minimum atomic E-state index is -1.48. The van der Waals surface area contributed by atoms with Crippen LogP contribution in [0.5, 0.6) is 0 Å². The van der Waals surface area contributed by atoms with Crippen LogP contribution in [0.3, 0.4) is 0 Å². The molecular formula is C32H45ClN2O8. The van der Waals surface area contributed by atoms with Gasteiger partial charge < -0.3 is 34.5 Å². The van der Waals surface area contributed by atoms with Crippen LogP contribution in [0.1, 0.15) is 56.3 Å². The van der Waals surface area contributed by atoms with Gasteiger partial charge in [0.25, 0.3) is 0 Å². The molecule has 0 radical (unpaired) electrons. The predicted octanol–water partition coefficient (Wildman–Crippen LogP) is 2.64. The lowest BCUT2D eigenvalue weighted by Gasteiger charge is -2.70. The van der Waals surface area contributed by atoms with Crippen LogP contribution in [0.15, 0.2) is 24.3 Å². The number of methoxy groups -OCH3 is 3. The Bertz CT molecular complexity index is 1300. The number of hydrogen-bond donors (Lipinski definition) is 3. The van der Waals surface area contributed by atoms with Gasteiger partial charge in [0.2, 0.25) is 5.91 Å². The number of likely N-dealkylation sites (N-methyl/N-ethyl adjacent to an activating group) is 1. The van der Waals surface area contributed by atoms with Crippen molar-refractivity contribution in [1.29, 1.82) is 0 Å². The number of benzene rings is 1. The average Bonchev–Trinajstić information content (AvgIpc) is 3.39. The van der Waals surface area contributed by atoms with Gasteiger partial charge in [-0.15, -0.1) is 12.4 Å². The van der Waals surface area contributed by atoms with E-state index in [0.29, 0.717) is 56.4 Å². The van der Waals surface area contributed by atoms with Crippen molar-refractivity contribution in [3.8, 4) is 0 Å². The monoisotopic (exact) mass is 620 g/mol. The number of nitrogens with one attached hydrogen (secondary N) is 1. The third-order valence-corrected chi connectivity index (χ3v) is 12.6. The molecule has 1 aromatic carbocycles. The second-order valence-electron chi connectivity index (χ2n) is 13.7. The van der Waals surface area contributed by atoms with Gasteiger partial charge in [-0.05, 0) is 44.4 Å². The molecule has 3 N–H and O–H groups in total. The van der Waals surface area contributed by atoms with Gasteiger partial charge in [-0.3, -0.25) is 9.69 Å². The van der Waals surface area contributed by atoms with Crippen molar-refractivity contribution in [2.45, 2.75) is 87.1 Å². The summed E-state index contributed by atoms with van der Waals surface area (Å²) in [5, 5.41) is 28.4. The number of likely N-dealkylation sites (tertiary alicyclic amines) is 1. The Morgan fingerprint density at radius 3 is 2.47 bits per heavy atom. The summed E-state index contributed by atoms with van der Waals surface area (Å²) in [6.07, 6.45) is 1.91. The summed E-state index contributed by atoms with van der Waals surface area (Å²) in [4.78, 5) is 28.3. The van der Waals surface area contributed by atoms with E-state index in [1.165, 1.54) is 6.92 Å². The van der Waals surface area contributed by atoms with E-state index >= 15 is 0 Å². The summed E-state index contributed by atoms with van der Waals surface area (Å²) < 4.78 is 25.1. The number of ether oxygens (including phenoxy) is 4. The first-order valence-electron chi connectivity index (χ1n) is 15.4. The second kappa shape index (κ2) is 10.4. The number of halogens is 1. The van der Waals surface area contributed by atoms with Crippen molar-refractivity contribution in [1.82, 2.24) is 4.90 Å².